The molecule has 0 aliphatic heterocycles. The quantitative estimate of drug-likeness (QED) is 0.695. The Kier molecular flexibility index (Phi) is 5.87. The lowest BCUT2D eigenvalue weighted by Crippen LogP contribution is -2.36. The third-order valence-electron chi connectivity index (χ3n) is 4.57. The van der Waals surface area contributed by atoms with Crippen LogP contribution in [0.3, 0.4) is 0 Å². The summed E-state index contributed by atoms with van der Waals surface area (Å²) < 4.78 is 0. The van der Waals surface area contributed by atoms with Crippen molar-refractivity contribution in [1.82, 2.24) is 10.3 Å². The van der Waals surface area contributed by atoms with Crippen molar-refractivity contribution in [1.29, 1.82) is 0 Å². The predicted molar refractivity (Wildman–Crippen MR) is 109 cm³/mol. The zero-order valence-corrected chi connectivity index (χ0v) is 15.7. The molecule has 1 aromatic heterocycles. The van der Waals surface area contributed by atoms with Gasteiger partial charge in [-0.15, -0.1) is 0 Å². The van der Waals surface area contributed by atoms with Crippen LogP contribution >= 0.6 is 0 Å². The molecule has 0 aliphatic rings. The van der Waals surface area contributed by atoms with Gasteiger partial charge in [0, 0.05) is 11.7 Å². The summed E-state index contributed by atoms with van der Waals surface area (Å²) in [5.41, 5.74) is 3.74. The first-order valence-electron chi connectivity index (χ1n) is 9.18. The maximum atomic E-state index is 12.5. The number of aryl methyl sites for hydroxylation is 2. The van der Waals surface area contributed by atoms with Crippen molar-refractivity contribution < 1.29 is 4.79 Å². The molecule has 0 saturated heterocycles. The van der Waals surface area contributed by atoms with Gasteiger partial charge in [-0.25, -0.2) is 0 Å². The maximum absolute atomic E-state index is 12.5. The van der Waals surface area contributed by atoms with E-state index in [-0.39, 0.29) is 23.1 Å². The molecule has 1 unspecified atom stereocenters. The average Bonchev–Trinajstić information content (AvgIpc) is 2.67. The fourth-order valence-corrected chi connectivity index (χ4v) is 3.04. The fraction of sp³-hybridized carbons (Fsp3) is 0.217. The molecule has 0 spiro atoms. The normalized spacial score (nSPS) is 11.8. The smallest absolute Gasteiger partial charge is 0.261 e. The van der Waals surface area contributed by atoms with Gasteiger partial charge in [0.05, 0.1) is 0 Å². The number of H-pyrrole nitrogens is 1. The van der Waals surface area contributed by atoms with E-state index >= 15 is 0 Å². The van der Waals surface area contributed by atoms with Crippen molar-refractivity contribution in [2.45, 2.75) is 32.7 Å². The summed E-state index contributed by atoms with van der Waals surface area (Å²) in [4.78, 5) is 27.7. The summed E-state index contributed by atoms with van der Waals surface area (Å²) in [6.07, 6.45) is 1.69. The molecule has 0 bridgehead atoms. The lowest BCUT2D eigenvalue weighted by atomic mass is 10.1. The van der Waals surface area contributed by atoms with Crippen molar-refractivity contribution in [2.24, 2.45) is 0 Å². The second-order valence-electron chi connectivity index (χ2n) is 6.88. The number of rotatable bonds is 6. The number of carbonyl (C=O) groups excluding carboxylic acids is 1. The summed E-state index contributed by atoms with van der Waals surface area (Å²) >= 11 is 0. The van der Waals surface area contributed by atoms with Crippen LogP contribution in [0.2, 0.25) is 0 Å². The number of benzene rings is 2. The van der Waals surface area contributed by atoms with Crippen molar-refractivity contribution in [2.75, 3.05) is 0 Å². The highest BCUT2D eigenvalue weighted by Gasteiger charge is 2.14. The Morgan fingerprint density at radius 2 is 1.81 bits per heavy atom. The van der Waals surface area contributed by atoms with Crippen LogP contribution in [0.25, 0.3) is 11.3 Å². The summed E-state index contributed by atoms with van der Waals surface area (Å²) in [5, 5.41) is 2.92. The molecule has 4 heteroatoms. The Hall–Kier alpha value is -3.14. The molecule has 2 aromatic carbocycles. The molecule has 3 aromatic rings. The first-order valence-corrected chi connectivity index (χ1v) is 9.18. The van der Waals surface area contributed by atoms with Crippen molar-refractivity contribution in [3.05, 3.63) is 93.8 Å². The molecule has 27 heavy (non-hydrogen) atoms. The number of aromatic nitrogens is 1. The monoisotopic (exact) mass is 360 g/mol. The summed E-state index contributed by atoms with van der Waals surface area (Å²) in [5.74, 6) is -0.340. The van der Waals surface area contributed by atoms with Gasteiger partial charge in [0.1, 0.15) is 5.56 Å². The van der Waals surface area contributed by atoms with Crippen LogP contribution in [0.4, 0.5) is 0 Å². The predicted octanol–water partition coefficient (Wildman–Crippen LogP) is 4.10. The number of amides is 1. The average molecular weight is 360 g/mol. The van der Waals surface area contributed by atoms with E-state index in [0.717, 1.165) is 24.0 Å². The van der Waals surface area contributed by atoms with Crippen LogP contribution < -0.4 is 10.9 Å². The van der Waals surface area contributed by atoms with Crippen LogP contribution in [0, 0.1) is 6.92 Å². The Morgan fingerprint density at radius 3 is 2.52 bits per heavy atom. The fourth-order valence-electron chi connectivity index (χ4n) is 3.04. The number of aromatic amines is 1. The van der Waals surface area contributed by atoms with Crippen molar-refractivity contribution in [3.63, 3.8) is 0 Å². The SMILES string of the molecule is Cc1cccc(-c2ccc(C(=O)NC(C)CCc3ccccc3)c(=O)[nH]2)c1. The highest BCUT2D eigenvalue weighted by molar-refractivity contribution is 5.94. The Bertz CT molecular complexity index is 977. The molecule has 0 fully saturated rings. The van der Waals surface area contributed by atoms with E-state index in [0.29, 0.717) is 5.69 Å². The topological polar surface area (TPSA) is 62.0 Å². The highest BCUT2D eigenvalue weighted by Crippen LogP contribution is 2.17. The molecule has 3 rings (SSSR count). The molecular weight excluding hydrogens is 336 g/mol. The number of hydrogen-bond donors (Lipinski definition) is 2. The number of nitrogens with one attached hydrogen (secondary N) is 2. The van der Waals surface area contributed by atoms with Gasteiger partial charge in [-0.1, -0.05) is 54.1 Å². The van der Waals surface area contributed by atoms with Gasteiger partial charge < -0.3 is 10.3 Å². The van der Waals surface area contributed by atoms with E-state index < -0.39 is 0 Å². The first-order chi connectivity index (χ1) is 13.0. The lowest BCUT2D eigenvalue weighted by Gasteiger charge is -2.14. The highest BCUT2D eigenvalue weighted by atomic mass is 16.2. The zero-order chi connectivity index (χ0) is 19.2. The van der Waals surface area contributed by atoms with E-state index in [1.807, 2.05) is 56.3 Å². The molecule has 1 heterocycles. The van der Waals surface area contributed by atoms with Gasteiger partial charge >= 0.3 is 0 Å². The standard InChI is InChI=1S/C23H24N2O2/c1-16-7-6-10-19(15-16)21-14-13-20(23(27)25-21)22(26)24-17(2)11-12-18-8-4-3-5-9-18/h3-10,13-15,17H,11-12H2,1-2H3,(H,24,26)(H,25,27). The van der Waals surface area contributed by atoms with Crippen LogP contribution in [0.1, 0.15) is 34.8 Å². The van der Waals surface area contributed by atoms with E-state index in [4.69, 9.17) is 0 Å². The summed E-state index contributed by atoms with van der Waals surface area (Å²) in [6, 6.07) is 21.4. The minimum Gasteiger partial charge on any atom is -0.349 e. The number of hydrogen-bond acceptors (Lipinski definition) is 2. The van der Waals surface area contributed by atoms with Gasteiger partial charge in [0.15, 0.2) is 0 Å². The Balaban J connectivity index is 1.65. The first kappa shape index (κ1) is 18.6. The van der Waals surface area contributed by atoms with E-state index in [2.05, 4.69) is 22.4 Å². The Morgan fingerprint density at radius 1 is 1.04 bits per heavy atom. The molecule has 1 amide bonds. The van der Waals surface area contributed by atoms with Crippen molar-refractivity contribution in [3.8, 4) is 11.3 Å². The van der Waals surface area contributed by atoms with E-state index in [1.54, 1.807) is 12.1 Å². The minimum atomic E-state index is -0.373. The van der Waals surface area contributed by atoms with Gasteiger partial charge in [-0.05, 0) is 56.0 Å². The summed E-state index contributed by atoms with van der Waals surface area (Å²) in [6.45, 7) is 3.95. The minimum absolute atomic E-state index is 0.0199. The molecule has 0 radical (unpaired) electrons. The Labute approximate surface area is 159 Å². The largest absolute Gasteiger partial charge is 0.349 e. The molecule has 2 N–H and O–H groups in total. The van der Waals surface area contributed by atoms with Crippen LogP contribution in [0.5, 0.6) is 0 Å². The molecular formula is C23H24N2O2. The number of pyridine rings is 1. The second kappa shape index (κ2) is 8.49. The zero-order valence-electron chi connectivity index (χ0n) is 15.7. The third kappa shape index (κ3) is 4.94. The molecule has 4 nitrogen and oxygen atoms in total. The second-order valence-corrected chi connectivity index (χ2v) is 6.88. The van der Waals surface area contributed by atoms with Crippen LogP contribution in [-0.4, -0.2) is 16.9 Å². The summed E-state index contributed by atoms with van der Waals surface area (Å²) in [7, 11) is 0. The van der Waals surface area contributed by atoms with Crippen molar-refractivity contribution >= 4 is 5.91 Å². The van der Waals surface area contributed by atoms with Gasteiger partial charge in [0.25, 0.3) is 11.5 Å². The molecule has 0 aliphatic carbocycles. The van der Waals surface area contributed by atoms with Gasteiger partial charge in [0.2, 0.25) is 0 Å². The number of carbonyl (C=O) groups is 1. The van der Waals surface area contributed by atoms with E-state index in [1.165, 1.54) is 5.56 Å². The van der Waals surface area contributed by atoms with Gasteiger partial charge in [-0.3, -0.25) is 9.59 Å². The maximum Gasteiger partial charge on any atom is 0.261 e. The van der Waals surface area contributed by atoms with Crippen LogP contribution in [-0.2, 0) is 6.42 Å². The molecule has 138 valence electrons. The third-order valence-corrected chi connectivity index (χ3v) is 4.57. The van der Waals surface area contributed by atoms with E-state index in [9.17, 15) is 9.59 Å². The van der Waals surface area contributed by atoms with Crippen LogP contribution in [0.15, 0.2) is 71.5 Å². The molecule has 1 atom stereocenters. The lowest BCUT2D eigenvalue weighted by molar-refractivity contribution is 0.0937. The molecule has 0 saturated carbocycles. The van der Waals surface area contributed by atoms with Gasteiger partial charge in [-0.2, -0.15) is 0 Å².